The van der Waals surface area contributed by atoms with Gasteiger partial charge >= 0.3 is 5.97 Å². The summed E-state index contributed by atoms with van der Waals surface area (Å²) in [7, 11) is 0. The quantitative estimate of drug-likeness (QED) is 0.261. The van der Waals surface area contributed by atoms with Gasteiger partial charge < -0.3 is 31.9 Å². The summed E-state index contributed by atoms with van der Waals surface area (Å²) < 4.78 is 0. The smallest absolute Gasteiger partial charge is 0.326 e. The normalized spacial score (nSPS) is 15.7. The molecule has 0 aliphatic heterocycles. The van der Waals surface area contributed by atoms with E-state index in [2.05, 4.69) is 16.0 Å². The second-order valence-corrected chi connectivity index (χ2v) is 6.83. The van der Waals surface area contributed by atoms with E-state index in [0.717, 1.165) is 0 Å². The van der Waals surface area contributed by atoms with Gasteiger partial charge in [-0.25, -0.2) is 4.79 Å². The third kappa shape index (κ3) is 7.36. The molecule has 0 heterocycles. The Labute approximate surface area is 152 Å². The van der Waals surface area contributed by atoms with Crippen molar-refractivity contribution in [2.24, 2.45) is 17.6 Å². The van der Waals surface area contributed by atoms with E-state index < -0.39 is 54.5 Å². The average molecular weight is 374 g/mol. The van der Waals surface area contributed by atoms with Gasteiger partial charge in [-0.15, -0.1) is 0 Å². The minimum atomic E-state index is -1.35. The summed E-state index contributed by atoms with van der Waals surface area (Å²) in [6.45, 7) is 7.35. The molecule has 0 aliphatic rings. The fourth-order valence-corrected chi connectivity index (χ4v) is 2.04. The third-order valence-corrected chi connectivity index (χ3v) is 3.71. The largest absolute Gasteiger partial charge is 0.480 e. The van der Waals surface area contributed by atoms with Crippen molar-refractivity contribution in [1.29, 1.82) is 0 Å². The number of aliphatic hydroxyl groups is 1. The van der Waals surface area contributed by atoms with Gasteiger partial charge in [-0.2, -0.15) is 0 Å². The van der Waals surface area contributed by atoms with Gasteiger partial charge in [0, 0.05) is 0 Å². The topological polar surface area (TPSA) is 171 Å². The van der Waals surface area contributed by atoms with Gasteiger partial charge in [-0.05, 0) is 18.8 Å². The molecule has 10 heteroatoms. The molecule has 150 valence electrons. The van der Waals surface area contributed by atoms with Crippen LogP contribution < -0.4 is 21.7 Å². The molecule has 7 N–H and O–H groups in total. The molecule has 0 saturated heterocycles. The van der Waals surface area contributed by atoms with Gasteiger partial charge in [-0.1, -0.05) is 27.7 Å². The van der Waals surface area contributed by atoms with Gasteiger partial charge in [0.25, 0.3) is 0 Å². The Bertz CT molecular complexity index is 521. The Morgan fingerprint density at radius 3 is 1.62 bits per heavy atom. The van der Waals surface area contributed by atoms with Crippen LogP contribution in [0.25, 0.3) is 0 Å². The first-order valence-corrected chi connectivity index (χ1v) is 8.42. The van der Waals surface area contributed by atoms with Crippen LogP contribution in [0.2, 0.25) is 0 Å². The van der Waals surface area contributed by atoms with Crippen molar-refractivity contribution in [3.8, 4) is 0 Å². The molecule has 3 amide bonds. The number of carboxylic acid groups (broad SMARTS) is 1. The summed E-state index contributed by atoms with van der Waals surface area (Å²) in [6.07, 6.45) is 0. The molecule has 4 atom stereocenters. The molecule has 0 fully saturated rings. The summed E-state index contributed by atoms with van der Waals surface area (Å²) in [5, 5.41) is 25.6. The van der Waals surface area contributed by atoms with E-state index in [-0.39, 0.29) is 11.8 Å². The second-order valence-electron chi connectivity index (χ2n) is 6.83. The van der Waals surface area contributed by atoms with Gasteiger partial charge in [0.2, 0.25) is 17.7 Å². The van der Waals surface area contributed by atoms with Gasteiger partial charge in [0.05, 0.1) is 12.6 Å². The zero-order chi connectivity index (χ0) is 20.6. The van der Waals surface area contributed by atoms with Crippen LogP contribution >= 0.6 is 0 Å². The van der Waals surface area contributed by atoms with E-state index in [4.69, 9.17) is 10.8 Å². The van der Waals surface area contributed by atoms with Crippen LogP contribution in [0.4, 0.5) is 0 Å². The predicted molar refractivity (Wildman–Crippen MR) is 93.8 cm³/mol. The van der Waals surface area contributed by atoms with Crippen LogP contribution in [0.3, 0.4) is 0 Å². The van der Waals surface area contributed by atoms with Crippen molar-refractivity contribution in [1.82, 2.24) is 16.0 Å². The highest BCUT2D eigenvalue weighted by molar-refractivity contribution is 5.94. The third-order valence-electron chi connectivity index (χ3n) is 3.71. The van der Waals surface area contributed by atoms with Crippen molar-refractivity contribution in [2.75, 3.05) is 6.61 Å². The molecule has 0 saturated carbocycles. The number of carbonyl (C=O) groups is 4. The highest BCUT2D eigenvalue weighted by atomic mass is 16.4. The molecule has 0 radical (unpaired) electrons. The number of amides is 3. The molecular weight excluding hydrogens is 344 g/mol. The van der Waals surface area contributed by atoms with Crippen molar-refractivity contribution in [2.45, 2.75) is 58.8 Å². The molecule has 26 heavy (non-hydrogen) atoms. The van der Waals surface area contributed by atoms with E-state index in [1.54, 1.807) is 27.7 Å². The number of carboxylic acids is 1. The van der Waals surface area contributed by atoms with E-state index in [0.29, 0.717) is 0 Å². The minimum Gasteiger partial charge on any atom is -0.480 e. The molecule has 10 nitrogen and oxygen atoms in total. The first-order chi connectivity index (χ1) is 11.9. The molecule has 0 aromatic carbocycles. The highest BCUT2D eigenvalue weighted by Gasteiger charge is 2.31. The summed E-state index contributed by atoms with van der Waals surface area (Å²) in [6, 6.07) is -4.29. The van der Waals surface area contributed by atoms with Crippen LogP contribution in [-0.4, -0.2) is 64.7 Å². The lowest BCUT2D eigenvalue weighted by molar-refractivity contribution is -0.143. The summed E-state index contributed by atoms with van der Waals surface area (Å²) in [4.78, 5) is 47.5. The number of aliphatic carboxylic acids is 1. The van der Waals surface area contributed by atoms with E-state index >= 15 is 0 Å². The summed E-state index contributed by atoms with van der Waals surface area (Å²) in [5.41, 5.74) is 5.47. The van der Waals surface area contributed by atoms with Gasteiger partial charge in [-0.3, -0.25) is 14.4 Å². The SMILES string of the molecule is CC(N)C(=O)NC(C(=O)NC(CO)C(=O)NC(C(=O)O)C(C)C)C(C)C. The molecule has 0 spiro atoms. The molecule has 0 aromatic rings. The van der Waals surface area contributed by atoms with Crippen molar-refractivity contribution in [3.63, 3.8) is 0 Å². The Hall–Kier alpha value is -2.20. The predicted octanol–water partition coefficient (Wildman–Crippen LogP) is -1.82. The maximum absolute atomic E-state index is 12.4. The molecule has 0 rings (SSSR count). The lowest BCUT2D eigenvalue weighted by Crippen LogP contribution is -2.59. The second kappa shape index (κ2) is 10.7. The van der Waals surface area contributed by atoms with Crippen LogP contribution in [-0.2, 0) is 19.2 Å². The highest BCUT2D eigenvalue weighted by Crippen LogP contribution is 2.05. The van der Waals surface area contributed by atoms with Gasteiger partial charge in [0.1, 0.15) is 18.1 Å². The Kier molecular flexibility index (Phi) is 9.81. The zero-order valence-corrected chi connectivity index (χ0v) is 15.8. The standard InChI is InChI=1S/C16H30N4O6/c1-7(2)11(19-13(22)9(5)17)15(24)18-10(6-21)14(23)20-12(8(3)4)16(25)26/h7-12,21H,6,17H2,1-5H3,(H,18,24)(H,19,22)(H,20,23)(H,25,26). The first kappa shape index (κ1) is 23.8. The first-order valence-electron chi connectivity index (χ1n) is 8.42. The summed E-state index contributed by atoms with van der Waals surface area (Å²) in [5.74, 6) is -3.96. The van der Waals surface area contributed by atoms with Crippen LogP contribution in [0.5, 0.6) is 0 Å². The van der Waals surface area contributed by atoms with Crippen molar-refractivity contribution >= 4 is 23.7 Å². The number of hydrogen-bond donors (Lipinski definition) is 6. The molecule has 0 aliphatic carbocycles. The monoisotopic (exact) mass is 374 g/mol. The molecule has 4 unspecified atom stereocenters. The number of nitrogens with one attached hydrogen (secondary N) is 3. The number of nitrogens with two attached hydrogens (primary N) is 1. The number of rotatable bonds is 10. The van der Waals surface area contributed by atoms with E-state index in [1.807, 2.05) is 0 Å². The van der Waals surface area contributed by atoms with Crippen LogP contribution in [0.15, 0.2) is 0 Å². The molecular formula is C16H30N4O6. The van der Waals surface area contributed by atoms with Crippen molar-refractivity contribution in [3.05, 3.63) is 0 Å². The fourth-order valence-electron chi connectivity index (χ4n) is 2.04. The van der Waals surface area contributed by atoms with E-state index in [9.17, 15) is 24.3 Å². The maximum Gasteiger partial charge on any atom is 0.326 e. The Morgan fingerprint density at radius 2 is 1.27 bits per heavy atom. The van der Waals surface area contributed by atoms with Crippen LogP contribution in [0.1, 0.15) is 34.6 Å². The minimum absolute atomic E-state index is 0.303. The molecule has 0 bridgehead atoms. The fraction of sp³-hybridized carbons (Fsp3) is 0.750. The van der Waals surface area contributed by atoms with E-state index in [1.165, 1.54) is 6.92 Å². The Morgan fingerprint density at radius 1 is 0.808 bits per heavy atom. The number of carbonyl (C=O) groups excluding carboxylic acids is 3. The number of hydrogen-bond acceptors (Lipinski definition) is 6. The lowest BCUT2D eigenvalue weighted by Gasteiger charge is -2.26. The van der Waals surface area contributed by atoms with Crippen molar-refractivity contribution < 1.29 is 29.4 Å². The Balaban J connectivity index is 5.10. The lowest BCUT2D eigenvalue weighted by atomic mass is 10.0. The van der Waals surface area contributed by atoms with Gasteiger partial charge in [0.15, 0.2) is 0 Å². The average Bonchev–Trinajstić information content (AvgIpc) is 2.53. The summed E-state index contributed by atoms with van der Waals surface area (Å²) >= 11 is 0. The maximum atomic E-state index is 12.4. The molecule has 0 aromatic heterocycles. The number of aliphatic hydroxyl groups excluding tert-OH is 1. The van der Waals surface area contributed by atoms with Crippen LogP contribution in [0, 0.1) is 11.8 Å². The zero-order valence-electron chi connectivity index (χ0n) is 15.8.